The third-order valence-electron chi connectivity index (χ3n) is 2.64. The van der Waals surface area contributed by atoms with E-state index in [1.54, 1.807) is 0 Å². The summed E-state index contributed by atoms with van der Waals surface area (Å²) in [7, 11) is 0. The molecule has 1 atom stereocenters. The first-order chi connectivity index (χ1) is 5.62. The van der Waals surface area contributed by atoms with Gasteiger partial charge in [-0.1, -0.05) is 12.8 Å². The highest BCUT2D eigenvalue weighted by molar-refractivity contribution is 5.06. The van der Waals surface area contributed by atoms with Gasteiger partial charge in [0.25, 0.3) is 0 Å². The molecule has 0 aromatic rings. The van der Waals surface area contributed by atoms with Crippen LogP contribution in [0.1, 0.15) is 26.7 Å². The van der Waals surface area contributed by atoms with Crippen LogP contribution >= 0.6 is 0 Å². The first-order valence-corrected chi connectivity index (χ1v) is 4.56. The van der Waals surface area contributed by atoms with E-state index in [1.165, 1.54) is 0 Å². The summed E-state index contributed by atoms with van der Waals surface area (Å²) >= 11 is 0. The summed E-state index contributed by atoms with van der Waals surface area (Å²) in [5.74, 6) is 3.47. The first-order valence-electron chi connectivity index (χ1n) is 4.56. The Morgan fingerprint density at radius 3 is 2.67 bits per heavy atom. The van der Waals surface area contributed by atoms with Crippen LogP contribution in [0.5, 0.6) is 0 Å². The van der Waals surface area contributed by atoms with Crippen LogP contribution in [0.4, 0.5) is 0 Å². The number of rotatable bonds is 3. The van der Waals surface area contributed by atoms with E-state index in [2.05, 4.69) is 18.2 Å². The topological polar surface area (TPSA) is 38.0 Å². The molecule has 1 rings (SSSR count). The molecule has 2 heteroatoms. The van der Waals surface area contributed by atoms with Crippen molar-refractivity contribution in [2.45, 2.75) is 38.3 Å². The van der Waals surface area contributed by atoms with E-state index in [-0.39, 0.29) is 11.6 Å². The molecule has 1 saturated carbocycles. The average molecular weight is 166 g/mol. The number of nitrogens with one attached hydrogen (secondary N) is 1. The van der Waals surface area contributed by atoms with Crippen LogP contribution in [0.3, 0.4) is 0 Å². The fraction of sp³-hybridized carbons (Fsp3) is 0.800. The lowest BCUT2D eigenvalue weighted by molar-refractivity contribution is 0.119. The highest BCUT2D eigenvalue weighted by atomic mass is 15.0. The monoisotopic (exact) mass is 166 g/mol. The van der Waals surface area contributed by atoms with Crippen LogP contribution in [0.15, 0.2) is 0 Å². The second kappa shape index (κ2) is 3.47. The van der Waals surface area contributed by atoms with Crippen molar-refractivity contribution in [2.75, 3.05) is 6.54 Å². The summed E-state index contributed by atoms with van der Waals surface area (Å²) in [5.41, 5.74) is 5.85. The van der Waals surface area contributed by atoms with Crippen LogP contribution in [0, 0.1) is 18.3 Å². The molecular formula is C10H18N2. The predicted molar refractivity (Wildman–Crippen MR) is 51.6 cm³/mol. The van der Waals surface area contributed by atoms with Gasteiger partial charge < -0.3 is 5.73 Å². The van der Waals surface area contributed by atoms with Gasteiger partial charge in [-0.2, -0.15) is 0 Å². The predicted octanol–water partition coefficient (Wildman–Crippen LogP) is 0.725. The van der Waals surface area contributed by atoms with Crippen molar-refractivity contribution in [3.63, 3.8) is 0 Å². The maximum absolute atomic E-state index is 5.70. The van der Waals surface area contributed by atoms with E-state index >= 15 is 0 Å². The normalized spacial score (nSPS) is 36.7. The zero-order chi connectivity index (χ0) is 9.19. The third-order valence-corrected chi connectivity index (χ3v) is 2.64. The van der Waals surface area contributed by atoms with Gasteiger partial charge in [0.2, 0.25) is 0 Å². The van der Waals surface area contributed by atoms with E-state index in [9.17, 15) is 0 Å². The summed E-state index contributed by atoms with van der Waals surface area (Å²) in [6, 6.07) is 0.140. The molecule has 0 bridgehead atoms. The highest BCUT2D eigenvalue weighted by Crippen LogP contribution is 2.36. The van der Waals surface area contributed by atoms with Crippen molar-refractivity contribution in [3.8, 4) is 12.3 Å². The molecule has 3 N–H and O–H groups in total. The standard InChI is InChI=1S/C10H18N2/c1-4-9(3)12-10(7-11)5-8(2)6-10/h1,8-9,12H,5-7,11H2,2-3H3. The minimum absolute atomic E-state index is 0.140. The Morgan fingerprint density at radius 1 is 1.75 bits per heavy atom. The van der Waals surface area contributed by atoms with Crippen LogP contribution in [0.25, 0.3) is 0 Å². The molecule has 1 unspecified atom stereocenters. The van der Waals surface area contributed by atoms with Crippen molar-refractivity contribution in [1.82, 2.24) is 5.32 Å². The van der Waals surface area contributed by atoms with Crippen molar-refractivity contribution in [2.24, 2.45) is 11.7 Å². The molecule has 1 aliphatic carbocycles. The first kappa shape index (κ1) is 9.57. The maximum Gasteiger partial charge on any atom is 0.0663 e. The lowest BCUT2D eigenvalue weighted by atomic mass is 9.69. The zero-order valence-corrected chi connectivity index (χ0v) is 7.93. The number of hydrogen-bond acceptors (Lipinski definition) is 2. The van der Waals surface area contributed by atoms with E-state index < -0.39 is 0 Å². The molecule has 1 aliphatic rings. The molecular weight excluding hydrogens is 148 g/mol. The van der Waals surface area contributed by atoms with Crippen molar-refractivity contribution in [3.05, 3.63) is 0 Å². The summed E-state index contributed by atoms with van der Waals surface area (Å²) in [4.78, 5) is 0. The Labute approximate surface area is 74.9 Å². The largest absolute Gasteiger partial charge is 0.329 e. The Kier molecular flexibility index (Phi) is 2.76. The van der Waals surface area contributed by atoms with Crippen molar-refractivity contribution in [1.29, 1.82) is 0 Å². The maximum atomic E-state index is 5.70. The van der Waals surface area contributed by atoms with E-state index in [4.69, 9.17) is 12.2 Å². The molecule has 0 aromatic heterocycles. The van der Waals surface area contributed by atoms with Crippen molar-refractivity contribution >= 4 is 0 Å². The highest BCUT2D eigenvalue weighted by Gasteiger charge is 2.41. The van der Waals surface area contributed by atoms with Crippen LogP contribution in [-0.2, 0) is 0 Å². The Hall–Kier alpha value is -0.520. The van der Waals surface area contributed by atoms with E-state index in [0.29, 0.717) is 6.54 Å². The molecule has 0 radical (unpaired) electrons. The summed E-state index contributed by atoms with van der Waals surface area (Å²) in [6.45, 7) is 4.94. The number of terminal acetylenes is 1. The summed E-state index contributed by atoms with van der Waals surface area (Å²) in [6.07, 6.45) is 7.62. The molecule has 0 aliphatic heterocycles. The molecule has 0 heterocycles. The third kappa shape index (κ3) is 1.80. The van der Waals surface area contributed by atoms with Gasteiger partial charge in [0.15, 0.2) is 0 Å². The Morgan fingerprint density at radius 2 is 2.33 bits per heavy atom. The molecule has 0 saturated heterocycles. The molecule has 0 spiro atoms. The van der Waals surface area contributed by atoms with Gasteiger partial charge in [0, 0.05) is 12.1 Å². The van der Waals surface area contributed by atoms with Crippen LogP contribution in [0.2, 0.25) is 0 Å². The molecule has 1 fully saturated rings. The smallest absolute Gasteiger partial charge is 0.0663 e. The minimum atomic E-state index is 0.140. The van der Waals surface area contributed by atoms with Crippen LogP contribution in [-0.4, -0.2) is 18.1 Å². The summed E-state index contributed by atoms with van der Waals surface area (Å²) in [5, 5.41) is 3.40. The van der Waals surface area contributed by atoms with Gasteiger partial charge in [-0.3, -0.25) is 5.32 Å². The second-order valence-corrected chi connectivity index (χ2v) is 4.03. The lowest BCUT2D eigenvalue weighted by Crippen LogP contribution is -2.61. The van der Waals surface area contributed by atoms with E-state index in [0.717, 1.165) is 18.8 Å². The Balaban J connectivity index is 2.43. The number of nitrogens with two attached hydrogens (primary N) is 1. The van der Waals surface area contributed by atoms with Gasteiger partial charge in [-0.25, -0.2) is 0 Å². The SMILES string of the molecule is C#CC(C)NC1(CN)CC(C)C1. The van der Waals surface area contributed by atoms with Gasteiger partial charge >= 0.3 is 0 Å². The average Bonchev–Trinajstić information content (AvgIpc) is 2.01. The van der Waals surface area contributed by atoms with Gasteiger partial charge in [0.1, 0.15) is 0 Å². The lowest BCUT2D eigenvalue weighted by Gasteiger charge is -2.47. The van der Waals surface area contributed by atoms with Crippen LogP contribution < -0.4 is 11.1 Å². The Bertz CT molecular complexity index is 187. The quantitative estimate of drug-likeness (QED) is 0.606. The fourth-order valence-electron chi connectivity index (χ4n) is 2.12. The van der Waals surface area contributed by atoms with Gasteiger partial charge in [0.05, 0.1) is 6.04 Å². The minimum Gasteiger partial charge on any atom is -0.329 e. The molecule has 68 valence electrons. The zero-order valence-electron chi connectivity index (χ0n) is 7.93. The molecule has 2 nitrogen and oxygen atoms in total. The number of hydrogen-bond donors (Lipinski definition) is 2. The fourth-order valence-corrected chi connectivity index (χ4v) is 2.12. The van der Waals surface area contributed by atoms with E-state index in [1.807, 2.05) is 6.92 Å². The van der Waals surface area contributed by atoms with Gasteiger partial charge in [-0.15, -0.1) is 6.42 Å². The van der Waals surface area contributed by atoms with Gasteiger partial charge in [-0.05, 0) is 25.7 Å². The summed E-state index contributed by atoms with van der Waals surface area (Å²) < 4.78 is 0. The van der Waals surface area contributed by atoms with Crippen molar-refractivity contribution < 1.29 is 0 Å². The molecule has 0 amide bonds. The molecule has 0 aromatic carbocycles. The second-order valence-electron chi connectivity index (χ2n) is 4.03. The molecule has 12 heavy (non-hydrogen) atoms.